The van der Waals surface area contributed by atoms with Gasteiger partial charge in [0.05, 0.1) is 25.0 Å². The molecular formula is C19H24N4O3. The molecule has 0 spiro atoms. The fourth-order valence-corrected chi connectivity index (χ4v) is 2.73. The monoisotopic (exact) mass is 356 g/mol. The minimum absolute atomic E-state index is 0.0588. The van der Waals surface area contributed by atoms with Crippen LogP contribution >= 0.6 is 0 Å². The van der Waals surface area contributed by atoms with E-state index in [1.54, 1.807) is 11.8 Å². The van der Waals surface area contributed by atoms with Crippen molar-refractivity contribution in [2.45, 2.75) is 26.3 Å². The highest BCUT2D eigenvalue weighted by Crippen LogP contribution is 2.37. The lowest BCUT2D eigenvalue weighted by atomic mass is 10.3. The molecule has 1 aromatic heterocycles. The van der Waals surface area contributed by atoms with Crippen molar-refractivity contribution in [2.75, 3.05) is 13.7 Å². The predicted octanol–water partition coefficient (Wildman–Crippen LogP) is 1.66. The maximum Gasteiger partial charge on any atom is 0.223 e. The summed E-state index contributed by atoms with van der Waals surface area (Å²) < 4.78 is 6.89. The van der Waals surface area contributed by atoms with Gasteiger partial charge in [0.25, 0.3) is 0 Å². The van der Waals surface area contributed by atoms with Crippen molar-refractivity contribution < 1.29 is 14.3 Å². The van der Waals surface area contributed by atoms with Gasteiger partial charge >= 0.3 is 0 Å². The van der Waals surface area contributed by atoms with Crippen molar-refractivity contribution in [1.29, 1.82) is 0 Å². The van der Waals surface area contributed by atoms with Crippen molar-refractivity contribution in [1.82, 2.24) is 20.4 Å². The van der Waals surface area contributed by atoms with Crippen LogP contribution in [0.5, 0.6) is 5.75 Å². The van der Waals surface area contributed by atoms with E-state index in [1.165, 1.54) is 0 Å². The number of aromatic nitrogens is 2. The maximum absolute atomic E-state index is 11.9. The third-order valence-corrected chi connectivity index (χ3v) is 4.55. The molecule has 0 radical (unpaired) electrons. The molecule has 0 aliphatic heterocycles. The summed E-state index contributed by atoms with van der Waals surface area (Å²) in [6.07, 6.45) is 3.07. The summed E-state index contributed by atoms with van der Waals surface area (Å²) in [6, 6.07) is 9.43. The zero-order valence-corrected chi connectivity index (χ0v) is 15.1. The van der Waals surface area contributed by atoms with Gasteiger partial charge in [-0.2, -0.15) is 5.10 Å². The Balaban J connectivity index is 1.41. The first-order valence-corrected chi connectivity index (χ1v) is 8.80. The van der Waals surface area contributed by atoms with Crippen LogP contribution in [0, 0.1) is 11.8 Å². The van der Waals surface area contributed by atoms with Crippen molar-refractivity contribution in [2.24, 2.45) is 11.8 Å². The molecule has 1 aliphatic carbocycles. The molecule has 2 aromatic rings. The number of carbonyl (C=O) groups excluding carboxylic acids is 2. The number of nitrogens with zero attached hydrogens (tertiary/aromatic N) is 2. The van der Waals surface area contributed by atoms with E-state index in [0.29, 0.717) is 19.0 Å². The van der Waals surface area contributed by atoms with Crippen LogP contribution in [-0.4, -0.2) is 35.2 Å². The minimum atomic E-state index is -0.104. The van der Waals surface area contributed by atoms with Crippen molar-refractivity contribution in [3.63, 3.8) is 0 Å². The van der Waals surface area contributed by atoms with Crippen molar-refractivity contribution in [3.8, 4) is 11.4 Å². The standard InChI is InChI=1S/C19H24N4O3/c1-13-11-17(13)19(25)20-9-7-18(24)21-12-14-8-10-23(22-14)15-3-5-16(26-2)6-4-15/h3-6,8,10,13,17H,7,9,11-12H2,1-2H3,(H,20,25)(H,21,24)/t13-,17-/m1/s1. The minimum Gasteiger partial charge on any atom is -0.497 e. The summed E-state index contributed by atoms with van der Waals surface area (Å²) in [4.78, 5) is 23.6. The van der Waals surface area contributed by atoms with Crippen LogP contribution in [0.1, 0.15) is 25.5 Å². The maximum atomic E-state index is 11.9. The lowest BCUT2D eigenvalue weighted by molar-refractivity contribution is -0.123. The number of hydrogen-bond acceptors (Lipinski definition) is 4. The summed E-state index contributed by atoms with van der Waals surface area (Å²) in [6.45, 7) is 2.78. The topological polar surface area (TPSA) is 85.2 Å². The van der Waals surface area contributed by atoms with Gasteiger partial charge in [0.2, 0.25) is 11.8 Å². The Morgan fingerprint density at radius 1 is 1.23 bits per heavy atom. The van der Waals surface area contributed by atoms with Crippen LogP contribution in [0.15, 0.2) is 36.5 Å². The normalized spacial score (nSPS) is 18.2. The molecular weight excluding hydrogens is 332 g/mol. The van der Waals surface area contributed by atoms with Crippen LogP contribution in [-0.2, 0) is 16.1 Å². The van der Waals surface area contributed by atoms with Crippen LogP contribution in [0.3, 0.4) is 0 Å². The highest BCUT2D eigenvalue weighted by molar-refractivity contribution is 5.82. The number of carbonyl (C=O) groups is 2. The average molecular weight is 356 g/mol. The second kappa shape index (κ2) is 8.03. The van der Waals surface area contributed by atoms with Crippen LogP contribution in [0.2, 0.25) is 0 Å². The van der Waals surface area contributed by atoms with E-state index in [9.17, 15) is 9.59 Å². The van der Waals surface area contributed by atoms with Gasteiger partial charge in [-0.1, -0.05) is 6.92 Å². The molecule has 1 fully saturated rings. The molecule has 7 heteroatoms. The molecule has 2 N–H and O–H groups in total. The molecule has 1 aromatic carbocycles. The first-order valence-electron chi connectivity index (χ1n) is 8.80. The van der Waals surface area contributed by atoms with E-state index in [4.69, 9.17) is 4.74 Å². The third kappa shape index (κ3) is 4.62. The highest BCUT2D eigenvalue weighted by Gasteiger charge is 2.38. The fourth-order valence-electron chi connectivity index (χ4n) is 2.73. The van der Waals surface area contributed by atoms with E-state index >= 15 is 0 Å². The summed E-state index contributed by atoms with van der Waals surface area (Å²) in [5.41, 5.74) is 1.69. The van der Waals surface area contributed by atoms with Gasteiger partial charge in [-0.05, 0) is 42.7 Å². The fraction of sp³-hybridized carbons (Fsp3) is 0.421. The first kappa shape index (κ1) is 18.0. The van der Waals surface area contributed by atoms with E-state index in [1.807, 2.05) is 36.5 Å². The van der Waals surface area contributed by atoms with Crippen LogP contribution in [0.4, 0.5) is 0 Å². The van der Waals surface area contributed by atoms with E-state index in [0.717, 1.165) is 23.6 Å². The number of rotatable bonds is 8. The Labute approximate surface area is 152 Å². The van der Waals surface area contributed by atoms with E-state index in [-0.39, 0.29) is 24.2 Å². The summed E-state index contributed by atoms with van der Waals surface area (Å²) >= 11 is 0. The quantitative estimate of drug-likeness (QED) is 0.753. The Bertz CT molecular complexity index is 769. The Morgan fingerprint density at radius 3 is 2.62 bits per heavy atom. The lowest BCUT2D eigenvalue weighted by Gasteiger charge is -2.06. The molecule has 1 aliphatic rings. The summed E-state index contributed by atoms with van der Waals surface area (Å²) in [5.74, 6) is 1.36. The molecule has 138 valence electrons. The van der Waals surface area contributed by atoms with Crippen molar-refractivity contribution >= 4 is 11.8 Å². The molecule has 0 saturated heterocycles. The van der Waals surface area contributed by atoms with Crippen LogP contribution in [0.25, 0.3) is 5.69 Å². The van der Waals surface area contributed by atoms with Gasteiger partial charge < -0.3 is 15.4 Å². The Morgan fingerprint density at radius 2 is 1.96 bits per heavy atom. The molecule has 2 amide bonds. The van der Waals surface area contributed by atoms with E-state index < -0.39 is 0 Å². The molecule has 26 heavy (non-hydrogen) atoms. The summed E-state index contributed by atoms with van der Waals surface area (Å²) in [7, 11) is 1.63. The zero-order valence-electron chi connectivity index (χ0n) is 15.1. The number of hydrogen-bond donors (Lipinski definition) is 2. The Kier molecular flexibility index (Phi) is 5.55. The van der Waals surface area contributed by atoms with Gasteiger partial charge in [0.1, 0.15) is 5.75 Å². The zero-order chi connectivity index (χ0) is 18.5. The molecule has 3 rings (SSSR count). The molecule has 2 atom stereocenters. The summed E-state index contributed by atoms with van der Waals surface area (Å²) in [5, 5.41) is 10.1. The predicted molar refractivity (Wildman–Crippen MR) is 96.9 cm³/mol. The molecule has 0 unspecified atom stereocenters. The van der Waals surface area contributed by atoms with Crippen LogP contribution < -0.4 is 15.4 Å². The SMILES string of the molecule is COc1ccc(-n2ccc(CNC(=O)CCNC(=O)[C@@H]3C[C@H]3C)n2)cc1. The van der Waals surface area contributed by atoms with Crippen molar-refractivity contribution in [3.05, 3.63) is 42.2 Å². The average Bonchev–Trinajstić information content (AvgIpc) is 3.20. The van der Waals surface area contributed by atoms with Gasteiger partial charge in [0.15, 0.2) is 0 Å². The highest BCUT2D eigenvalue weighted by atomic mass is 16.5. The molecule has 1 heterocycles. The Hall–Kier alpha value is -2.83. The second-order valence-corrected chi connectivity index (χ2v) is 6.59. The van der Waals surface area contributed by atoms with Gasteiger partial charge in [0, 0.05) is 25.1 Å². The van der Waals surface area contributed by atoms with Gasteiger partial charge in [-0.15, -0.1) is 0 Å². The second-order valence-electron chi connectivity index (χ2n) is 6.59. The third-order valence-electron chi connectivity index (χ3n) is 4.55. The van der Waals surface area contributed by atoms with E-state index in [2.05, 4.69) is 22.7 Å². The molecule has 0 bridgehead atoms. The number of amides is 2. The smallest absolute Gasteiger partial charge is 0.223 e. The number of ether oxygens (including phenoxy) is 1. The molecule has 1 saturated carbocycles. The molecule has 7 nitrogen and oxygen atoms in total. The number of nitrogens with one attached hydrogen (secondary N) is 2. The largest absolute Gasteiger partial charge is 0.497 e. The van der Waals surface area contributed by atoms with Gasteiger partial charge in [-0.3, -0.25) is 9.59 Å². The lowest BCUT2D eigenvalue weighted by Crippen LogP contribution is -2.31. The number of methoxy groups -OCH3 is 1. The first-order chi connectivity index (χ1) is 12.6. The van der Waals surface area contributed by atoms with Gasteiger partial charge in [-0.25, -0.2) is 4.68 Å². The number of benzene rings is 1.